The number of aryl methyl sites for hydroxylation is 1. The summed E-state index contributed by atoms with van der Waals surface area (Å²) in [6.07, 6.45) is 4.80. The number of methoxy groups -OCH3 is 1. The van der Waals surface area contributed by atoms with Crippen molar-refractivity contribution in [1.29, 1.82) is 0 Å². The molecule has 1 heterocycles. The van der Waals surface area contributed by atoms with Gasteiger partial charge in [0.25, 0.3) is 0 Å². The third kappa shape index (κ3) is 3.61. The number of aromatic nitrogens is 1. The van der Waals surface area contributed by atoms with Gasteiger partial charge in [0.15, 0.2) is 12.0 Å². The minimum Gasteiger partial charge on any atom is -0.494 e. The van der Waals surface area contributed by atoms with Gasteiger partial charge in [-0.25, -0.2) is 4.39 Å². The van der Waals surface area contributed by atoms with Crippen LogP contribution in [0.2, 0.25) is 0 Å². The number of ether oxygens (including phenoxy) is 1. The van der Waals surface area contributed by atoms with E-state index in [-0.39, 0.29) is 5.82 Å². The van der Waals surface area contributed by atoms with Gasteiger partial charge in [0, 0.05) is 18.0 Å². The number of aldehydes is 2. The van der Waals surface area contributed by atoms with Crippen molar-refractivity contribution in [1.82, 2.24) is 4.98 Å². The standard InChI is InChI=1S/C21H18FNO3/c1-26-21-17(13-25)11-16(3-2-8-24)19-10-15(12-23-20(19)21)9-14-4-6-18(22)7-5-14/h4-8,10-13H,2-3,9H2,1H3. The van der Waals surface area contributed by atoms with Gasteiger partial charge < -0.3 is 9.53 Å². The Morgan fingerprint density at radius 2 is 1.88 bits per heavy atom. The van der Waals surface area contributed by atoms with Crippen molar-refractivity contribution >= 4 is 23.5 Å². The molecule has 3 rings (SSSR count). The maximum Gasteiger partial charge on any atom is 0.155 e. The predicted molar refractivity (Wildman–Crippen MR) is 97.3 cm³/mol. The van der Waals surface area contributed by atoms with Gasteiger partial charge in [-0.2, -0.15) is 0 Å². The predicted octanol–water partition coefficient (Wildman–Crippen LogP) is 3.92. The summed E-state index contributed by atoms with van der Waals surface area (Å²) >= 11 is 0. The van der Waals surface area contributed by atoms with Crippen LogP contribution in [0.3, 0.4) is 0 Å². The van der Waals surface area contributed by atoms with Gasteiger partial charge in [0.05, 0.1) is 12.7 Å². The molecule has 2 aromatic carbocycles. The number of rotatable bonds is 7. The molecule has 0 N–H and O–H groups in total. The highest BCUT2D eigenvalue weighted by molar-refractivity contribution is 5.96. The summed E-state index contributed by atoms with van der Waals surface area (Å²) < 4.78 is 18.5. The maximum absolute atomic E-state index is 13.1. The Bertz CT molecular complexity index is 952. The molecule has 0 atom stereocenters. The van der Waals surface area contributed by atoms with E-state index in [1.807, 2.05) is 6.07 Å². The fourth-order valence-corrected chi connectivity index (χ4v) is 3.06. The van der Waals surface area contributed by atoms with Gasteiger partial charge in [-0.05, 0) is 53.8 Å². The number of benzene rings is 2. The molecule has 0 unspecified atom stereocenters. The van der Waals surface area contributed by atoms with Crippen LogP contribution in [-0.2, 0) is 17.6 Å². The molecular formula is C21H18FNO3. The molecule has 0 saturated heterocycles. The number of halogens is 1. The second-order valence-corrected chi connectivity index (χ2v) is 6.02. The Labute approximate surface area is 150 Å². The van der Waals surface area contributed by atoms with Crippen LogP contribution in [0.15, 0.2) is 42.6 Å². The van der Waals surface area contributed by atoms with Crippen molar-refractivity contribution in [2.75, 3.05) is 7.11 Å². The number of hydrogen-bond acceptors (Lipinski definition) is 4. The van der Waals surface area contributed by atoms with Gasteiger partial charge in [-0.15, -0.1) is 0 Å². The summed E-state index contributed by atoms with van der Waals surface area (Å²) in [6.45, 7) is 0. The van der Waals surface area contributed by atoms with Gasteiger partial charge in [-0.3, -0.25) is 9.78 Å². The van der Waals surface area contributed by atoms with E-state index in [1.54, 1.807) is 24.4 Å². The quantitative estimate of drug-likeness (QED) is 0.606. The van der Waals surface area contributed by atoms with Gasteiger partial charge >= 0.3 is 0 Å². The Kier molecular flexibility index (Phi) is 5.37. The molecule has 5 heteroatoms. The van der Waals surface area contributed by atoms with Crippen LogP contribution in [0.1, 0.15) is 33.5 Å². The Balaban J connectivity index is 2.09. The van der Waals surface area contributed by atoms with Crippen molar-refractivity contribution in [3.8, 4) is 5.75 Å². The van der Waals surface area contributed by atoms with E-state index in [1.165, 1.54) is 19.2 Å². The second-order valence-electron chi connectivity index (χ2n) is 6.02. The molecule has 0 aliphatic heterocycles. The largest absolute Gasteiger partial charge is 0.494 e. The van der Waals surface area contributed by atoms with Gasteiger partial charge in [0.2, 0.25) is 0 Å². The molecule has 0 bridgehead atoms. The number of pyridine rings is 1. The van der Waals surface area contributed by atoms with E-state index in [2.05, 4.69) is 4.98 Å². The first kappa shape index (κ1) is 17.7. The van der Waals surface area contributed by atoms with Crippen LogP contribution < -0.4 is 4.74 Å². The van der Waals surface area contributed by atoms with E-state index in [0.29, 0.717) is 36.1 Å². The lowest BCUT2D eigenvalue weighted by Gasteiger charge is -2.13. The fraction of sp³-hybridized carbons (Fsp3) is 0.190. The zero-order valence-corrected chi connectivity index (χ0v) is 14.4. The zero-order chi connectivity index (χ0) is 18.5. The highest BCUT2D eigenvalue weighted by Gasteiger charge is 2.14. The third-order valence-electron chi connectivity index (χ3n) is 4.28. The molecule has 132 valence electrons. The molecule has 0 aliphatic rings. The summed E-state index contributed by atoms with van der Waals surface area (Å²) in [4.78, 5) is 26.7. The van der Waals surface area contributed by atoms with Crippen LogP contribution in [0.4, 0.5) is 4.39 Å². The number of hydrogen-bond donors (Lipinski definition) is 0. The Hall–Kier alpha value is -3.08. The van der Waals surface area contributed by atoms with Crippen molar-refractivity contribution in [2.45, 2.75) is 19.3 Å². The van der Waals surface area contributed by atoms with E-state index in [4.69, 9.17) is 4.74 Å². The van der Waals surface area contributed by atoms with E-state index in [0.717, 1.165) is 34.6 Å². The van der Waals surface area contributed by atoms with E-state index in [9.17, 15) is 14.0 Å². The zero-order valence-electron chi connectivity index (χ0n) is 14.4. The number of nitrogens with zero attached hydrogens (tertiary/aromatic N) is 1. The molecule has 0 spiro atoms. The molecule has 0 saturated carbocycles. The lowest BCUT2D eigenvalue weighted by Crippen LogP contribution is -2.00. The second kappa shape index (κ2) is 7.87. The smallest absolute Gasteiger partial charge is 0.155 e. The molecule has 1 aromatic heterocycles. The lowest BCUT2D eigenvalue weighted by atomic mass is 9.97. The maximum atomic E-state index is 13.1. The third-order valence-corrected chi connectivity index (χ3v) is 4.28. The Morgan fingerprint density at radius 3 is 2.54 bits per heavy atom. The summed E-state index contributed by atoms with van der Waals surface area (Å²) in [7, 11) is 1.50. The molecule has 3 aromatic rings. The van der Waals surface area contributed by atoms with Gasteiger partial charge in [-0.1, -0.05) is 12.1 Å². The minimum atomic E-state index is -0.271. The highest BCUT2D eigenvalue weighted by Crippen LogP contribution is 2.32. The van der Waals surface area contributed by atoms with Crippen LogP contribution in [0.25, 0.3) is 10.9 Å². The SMILES string of the molecule is COc1c(C=O)cc(CCC=O)c2cc(Cc3ccc(F)cc3)cnc12. The normalized spacial score (nSPS) is 10.7. The number of carbonyl (C=O) groups excluding carboxylic acids is 2. The molecule has 0 fully saturated rings. The average molecular weight is 351 g/mol. The fourth-order valence-electron chi connectivity index (χ4n) is 3.06. The first-order chi connectivity index (χ1) is 12.7. The van der Waals surface area contributed by atoms with Crippen LogP contribution in [0.5, 0.6) is 5.75 Å². The first-order valence-electron chi connectivity index (χ1n) is 8.28. The lowest BCUT2D eigenvalue weighted by molar-refractivity contribution is -0.107. The molecule has 0 aliphatic carbocycles. The number of carbonyl (C=O) groups is 2. The van der Waals surface area contributed by atoms with Crippen LogP contribution in [0, 0.1) is 5.82 Å². The van der Waals surface area contributed by atoms with Crippen molar-refractivity contribution in [2.24, 2.45) is 0 Å². The van der Waals surface area contributed by atoms with E-state index >= 15 is 0 Å². The van der Waals surface area contributed by atoms with Crippen LogP contribution >= 0.6 is 0 Å². The van der Waals surface area contributed by atoms with Crippen molar-refractivity contribution in [3.63, 3.8) is 0 Å². The van der Waals surface area contributed by atoms with Crippen LogP contribution in [-0.4, -0.2) is 24.7 Å². The topological polar surface area (TPSA) is 56.3 Å². The van der Waals surface area contributed by atoms with Crippen molar-refractivity contribution < 1.29 is 18.7 Å². The number of fused-ring (bicyclic) bond motifs is 1. The van der Waals surface area contributed by atoms with Crippen molar-refractivity contribution in [3.05, 3.63) is 70.7 Å². The minimum absolute atomic E-state index is 0.271. The molecule has 4 nitrogen and oxygen atoms in total. The summed E-state index contributed by atoms with van der Waals surface area (Å²) in [5, 5.41) is 0.855. The average Bonchev–Trinajstić information content (AvgIpc) is 2.67. The van der Waals surface area contributed by atoms with E-state index < -0.39 is 0 Å². The molecular weight excluding hydrogens is 333 g/mol. The summed E-state index contributed by atoms with van der Waals surface area (Å²) in [6, 6.07) is 10.1. The molecule has 26 heavy (non-hydrogen) atoms. The molecule has 0 radical (unpaired) electrons. The monoisotopic (exact) mass is 351 g/mol. The summed E-state index contributed by atoms with van der Waals surface area (Å²) in [5.74, 6) is 0.158. The highest BCUT2D eigenvalue weighted by atomic mass is 19.1. The van der Waals surface area contributed by atoms with Gasteiger partial charge in [0.1, 0.15) is 17.6 Å². The first-order valence-corrected chi connectivity index (χ1v) is 8.28. The summed E-state index contributed by atoms with van der Waals surface area (Å²) in [5.41, 5.74) is 3.82. The Morgan fingerprint density at radius 1 is 1.12 bits per heavy atom. The molecule has 0 amide bonds.